The maximum absolute atomic E-state index is 6.43. The molecule has 4 aromatic carbocycles. The molecule has 0 aliphatic carbocycles. The number of benzene rings is 4. The van der Waals surface area contributed by atoms with Crippen molar-refractivity contribution in [2.75, 3.05) is 39.6 Å². The third-order valence-electron chi connectivity index (χ3n) is 8.63. The van der Waals surface area contributed by atoms with Gasteiger partial charge in [0.05, 0.1) is 38.6 Å². The van der Waals surface area contributed by atoms with Gasteiger partial charge in [-0.25, -0.2) is 0 Å². The molecule has 0 N–H and O–H groups in total. The van der Waals surface area contributed by atoms with Crippen molar-refractivity contribution in [2.45, 2.75) is 56.5 Å². The molecule has 4 heterocycles. The minimum atomic E-state index is 0.191. The largest absolute Gasteiger partial charge is 0.490 e. The van der Waals surface area contributed by atoms with Gasteiger partial charge in [0.2, 0.25) is 0 Å². The van der Waals surface area contributed by atoms with E-state index in [1.807, 2.05) is 0 Å². The highest BCUT2D eigenvalue weighted by atomic mass is 16.6. The van der Waals surface area contributed by atoms with E-state index in [2.05, 4.69) is 60.7 Å². The first-order valence-corrected chi connectivity index (χ1v) is 15.1. The molecule has 4 saturated heterocycles. The van der Waals surface area contributed by atoms with E-state index in [-0.39, 0.29) is 12.2 Å². The van der Waals surface area contributed by atoms with Crippen LogP contribution in [0.3, 0.4) is 0 Å². The van der Waals surface area contributed by atoms with Gasteiger partial charge >= 0.3 is 0 Å². The Hall–Kier alpha value is -3.16. The van der Waals surface area contributed by atoms with Crippen LogP contribution in [-0.2, 0) is 38.2 Å². The summed E-state index contributed by atoms with van der Waals surface area (Å²) in [5, 5.41) is 4.93. The molecule has 6 heteroatoms. The lowest BCUT2D eigenvalue weighted by Crippen LogP contribution is -2.09. The van der Waals surface area contributed by atoms with Crippen LogP contribution in [-0.4, -0.2) is 64.1 Å². The zero-order chi connectivity index (χ0) is 27.2. The lowest BCUT2D eigenvalue weighted by atomic mass is 9.91. The van der Waals surface area contributed by atoms with Gasteiger partial charge in [-0.15, -0.1) is 0 Å². The van der Waals surface area contributed by atoms with E-state index in [9.17, 15) is 0 Å². The van der Waals surface area contributed by atoms with Crippen LogP contribution in [0.1, 0.15) is 35.1 Å². The minimum absolute atomic E-state index is 0.191. The van der Waals surface area contributed by atoms with E-state index in [0.29, 0.717) is 31.8 Å². The van der Waals surface area contributed by atoms with E-state index in [1.54, 1.807) is 0 Å². The zero-order valence-electron chi connectivity index (χ0n) is 23.3. The third kappa shape index (κ3) is 6.21. The molecule has 8 rings (SSSR count). The van der Waals surface area contributed by atoms with E-state index < -0.39 is 0 Å². The number of fused-ring (bicyclic) bond motifs is 2. The Labute approximate surface area is 240 Å². The molecule has 4 aromatic rings. The molecule has 4 atom stereocenters. The summed E-state index contributed by atoms with van der Waals surface area (Å²) in [4.78, 5) is 0. The molecule has 41 heavy (non-hydrogen) atoms. The Morgan fingerprint density at radius 1 is 0.537 bits per heavy atom. The van der Waals surface area contributed by atoms with E-state index in [1.165, 1.54) is 43.8 Å². The van der Waals surface area contributed by atoms with Crippen molar-refractivity contribution >= 4 is 21.5 Å². The number of epoxide rings is 4. The summed E-state index contributed by atoms with van der Waals surface area (Å²) in [6.07, 6.45) is 6.09. The van der Waals surface area contributed by atoms with Crippen LogP contribution in [0.4, 0.5) is 0 Å². The Morgan fingerprint density at radius 3 is 1.37 bits per heavy atom. The predicted octanol–water partition coefficient (Wildman–Crippen LogP) is 5.80. The van der Waals surface area contributed by atoms with Gasteiger partial charge in [0.15, 0.2) is 0 Å². The summed E-state index contributed by atoms with van der Waals surface area (Å²) in [5.41, 5.74) is 5.07. The summed E-state index contributed by atoms with van der Waals surface area (Å²) in [6, 6.07) is 22.3. The van der Waals surface area contributed by atoms with Crippen molar-refractivity contribution < 1.29 is 28.4 Å². The smallest absolute Gasteiger partial charge is 0.123 e. The molecule has 4 fully saturated rings. The van der Waals surface area contributed by atoms with Crippen molar-refractivity contribution in [1.82, 2.24) is 0 Å². The molecule has 4 aliphatic rings. The number of aryl methyl sites for hydroxylation is 2. The van der Waals surface area contributed by atoms with Gasteiger partial charge in [-0.1, -0.05) is 48.5 Å². The number of hydrogen-bond donors (Lipinski definition) is 0. The SMILES string of the molecule is c1cc2ccc(OCC3CO3)c(Cc3c(OCC4CO4)ccc4ccc(CCC5CO5)cc34)c2cc1CCC1CO1. The fourth-order valence-corrected chi connectivity index (χ4v) is 5.76. The van der Waals surface area contributed by atoms with Crippen LogP contribution in [0.5, 0.6) is 11.5 Å². The first kappa shape index (κ1) is 25.5. The highest BCUT2D eigenvalue weighted by Gasteiger charge is 2.27. The van der Waals surface area contributed by atoms with Crippen LogP contribution in [0, 0.1) is 0 Å². The molecular weight excluding hydrogens is 516 g/mol. The standard InChI is InChI=1S/C35H36O6/c1-5-24-7-11-34(40-20-28-18-38-28)32(30(24)13-22(1)3-9-26-16-36-26)15-33-31-14-23(4-10-27-17-37-27)2-6-25(31)8-12-35(33)41-21-29-19-39-29/h1-2,5-8,11-14,26-29H,3-4,9-10,15-21H2. The first-order valence-electron chi connectivity index (χ1n) is 15.1. The van der Waals surface area contributed by atoms with Gasteiger partial charge in [0.25, 0.3) is 0 Å². The predicted molar refractivity (Wildman–Crippen MR) is 157 cm³/mol. The summed E-state index contributed by atoms with van der Waals surface area (Å²) < 4.78 is 34.8. The van der Waals surface area contributed by atoms with Crippen LogP contribution >= 0.6 is 0 Å². The van der Waals surface area contributed by atoms with E-state index in [0.717, 1.165) is 63.6 Å². The van der Waals surface area contributed by atoms with Crippen LogP contribution in [0.2, 0.25) is 0 Å². The molecule has 0 saturated carbocycles. The maximum Gasteiger partial charge on any atom is 0.123 e. The summed E-state index contributed by atoms with van der Waals surface area (Å²) >= 11 is 0. The summed E-state index contributed by atoms with van der Waals surface area (Å²) in [6.45, 7) is 4.48. The summed E-state index contributed by atoms with van der Waals surface area (Å²) in [7, 11) is 0. The molecule has 0 bridgehead atoms. The second kappa shape index (κ2) is 10.9. The van der Waals surface area contributed by atoms with Gasteiger partial charge < -0.3 is 28.4 Å². The average molecular weight is 553 g/mol. The molecular formula is C35H36O6. The van der Waals surface area contributed by atoms with Crippen molar-refractivity contribution in [3.63, 3.8) is 0 Å². The van der Waals surface area contributed by atoms with Crippen LogP contribution in [0.25, 0.3) is 21.5 Å². The second-order valence-corrected chi connectivity index (χ2v) is 11.9. The average Bonchev–Trinajstić information content (AvgIpc) is 3.83. The van der Waals surface area contributed by atoms with E-state index >= 15 is 0 Å². The monoisotopic (exact) mass is 552 g/mol. The Kier molecular flexibility index (Phi) is 6.80. The quantitative estimate of drug-likeness (QED) is 0.184. The van der Waals surface area contributed by atoms with Gasteiger partial charge in [0.1, 0.15) is 36.9 Å². The van der Waals surface area contributed by atoms with Crippen LogP contribution in [0.15, 0.2) is 60.7 Å². The van der Waals surface area contributed by atoms with Crippen LogP contribution < -0.4 is 9.47 Å². The zero-order valence-corrected chi connectivity index (χ0v) is 23.3. The molecule has 6 nitrogen and oxygen atoms in total. The third-order valence-corrected chi connectivity index (χ3v) is 8.63. The van der Waals surface area contributed by atoms with Crippen molar-refractivity contribution in [3.8, 4) is 11.5 Å². The molecule has 4 unspecified atom stereocenters. The van der Waals surface area contributed by atoms with Gasteiger partial charge in [0, 0.05) is 17.5 Å². The molecule has 0 radical (unpaired) electrons. The normalized spacial score (nSPS) is 24.0. The Morgan fingerprint density at radius 2 is 0.951 bits per heavy atom. The number of hydrogen-bond acceptors (Lipinski definition) is 6. The molecule has 0 amide bonds. The fourth-order valence-electron chi connectivity index (χ4n) is 5.76. The van der Waals surface area contributed by atoms with Gasteiger partial charge in [-0.2, -0.15) is 0 Å². The Bertz CT molecular complexity index is 1440. The lowest BCUT2D eigenvalue weighted by Gasteiger charge is -2.19. The van der Waals surface area contributed by atoms with Crippen molar-refractivity contribution in [2.24, 2.45) is 0 Å². The first-order chi connectivity index (χ1) is 20.2. The lowest BCUT2D eigenvalue weighted by molar-refractivity contribution is 0.259. The van der Waals surface area contributed by atoms with Crippen molar-refractivity contribution in [1.29, 1.82) is 0 Å². The number of rotatable bonds is 14. The minimum Gasteiger partial charge on any atom is -0.490 e. The molecule has 4 aliphatic heterocycles. The highest BCUT2D eigenvalue weighted by Crippen LogP contribution is 2.38. The molecule has 0 spiro atoms. The van der Waals surface area contributed by atoms with Gasteiger partial charge in [-0.3, -0.25) is 0 Å². The number of ether oxygens (including phenoxy) is 6. The summed E-state index contributed by atoms with van der Waals surface area (Å²) in [5.74, 6) is 1.84. The maximum atomic E-state index is 6.43. The fraction of sp³-hybridized carbons (Fsp3) is 0.429. The van der Waals surface area contributed by atoms with E-state index in [4.69, 9.17) is 28.4 Å². The molecule has 0 aromatic heterocycles. The Balaban J connectivity index is 1.21. The molecule has 212 valence electrons. The second-order valence-electron chi connectivity index (χ2n) is 11.9. The van der Waals surface area contributed by atoms with Gasteiger partial charge in [-0.05, 0) is 70.5 Å². The topological polar surface area (TPSA) is 68.6 Å². The van der Waals surface area contributed by atoms with Crippen molar-refractivity contribution in [3.05, 3.63) is 82.9 Å². The highest BCUT2D eigenvalue weighted by molar-refractivity contribution is 5.92.